The number of benzene rings is 6. The third-order valence-electron chi connectivity index (χ3n) is 6.09. The molecule has 0 bridgehead atoms. The minimum absolute atomic E-state index is 0. The van der Waals surface area contributed by atoms with Gasteiger partial charge in [0.05, 0.1) is 0 Å². The SMILES string of the molecule is C=O.[Ru].c1ccc(P(c2ccccc2)c2ccccc2)cc1.c1ccc(P(c2ccccc2)c2ccccc2)cc1. The van der Waals surface area contributed by atoms with Crippen molar-refractivity contribution in [3.05, 3.63) is 182 Å². The van der Waals surface area contributed by atoms with E-state index in [1.165, 1.54) is 31.8 Å². The van der Waals surface area contributed by atoms with Gasteiger partial charge in [-0.3, -0.25) is 0 Å². The molecular weight excluding hydrogens is 623 g/mol. The van der Waals surface area contributed by atoms with Crippen molar-refractivity contribution in [3.63, 3.8) is 0 Å². The zero-order chi connectivity index (χ0) is 27.8. The molecule has 0 radical (unpaired) electrons. The van der Waals surface area contributed by atoms with Crippen LogP contribution < -0.4 is 31.8 Å². The molecule has 0 fully saturated rings. The van der Waals surface area contributed by atoms with E-state index >= 15 is 0 Å². The molecule has 0 heterocycles. The number of rotatable bonds is 6. The van der Waals surface area contributed by atoms with Crippen molar-refractivity contribution >= 4 is 54.5 Å². The molecule has 0 aliphatic rings. The molecule has 0 saturated heterocycles. The molecule has 41 heavy (non-hydrogen) atoms. The Morgan fingerprint density at radius 1 is 0.268 bits per heavy atom. The molecule has 0 saturated carbocycles. The Labute approximate surface area is 259 Å². The second-order valence-electron chi connectivity index (χ2n) is 8.68. The molecule has 0 aliphatic heterocycles. The van der Waals surface area contributed by atoms with Crippen LogP contribution in [0.1, 0.15) is 0 Å². The molecule has 0 aliphatic carbocycles. The van der Waals surface area contributed by atoms with Crippen molar-refractivity contribution in [2.45, 2.75) is 0 Å². The fourth-order valence-electron chi connectivity index (χ4n) is 4.36. The van der Waals surface area contributed by atoms with E-state index < -0.39 is 15.8 Å². The van der Waals surface area contributed by atoms with Crippen LogP contribution in [-0.2, 0) is 24.3 Å². The normalized spacial score (nSPS) is 9.90. The fourth-order valence-corrected chi connectivity index (χ4v) is 8.97. The van der Waals surface area contributed by atoms with Crippen LogP contribution in [0.2, 0.25) is 0 Å². The summed E-state index contributed by atoms with van der Waals surface area (Å²) in [5.74, 6) is 0. The van der Waals surface area contributed by atoms with Gasteiger partial charge < -0.3 is 4.79 Å². The van der Waals surface area contributed by atoms with Gasteiger partial charge in [-0.05, 0) is 47.7 Å². The van der Waals surface area contributed by atoms with Gasteiger partial charge in [-0.15, -0.1) is 0 Å². The molecule has 0 N–H and O–H groups in total. The molecule has 204 valence electrons. The van der Waals surface area contributed by atoms with Crippen molar-refractivity contribution in [2.24, 2.45) is 0 Å². The average molecular weight is 656 g/mol. The number of carbonyl (C=O) groups is 1. The van der Waals surface area contributed by atoms with Crippen molar-refractivity contribution in [3.8, 4) is 0 Å². The van der Waals surface area contributed by atoms with Crippen molar-refractivity contribution in [1.82, 2.24) is 0 Å². The maximum atomic E-state index is 8.00. The van der Waals surface area contributed by atoms with E-state index in [9.17, 15) is 0 Å². The van der Waals surface area contributed by atoms with E-state index in [0.29, 0.717) is 0 Å². The summed E-state index contributed by atoms with van der Waals surface area (Å²) in [6.07, 6.45) is 0. The summed E-state index contributed by atoms with van der Waals surface area (Å²) in [7, 11) is -0.892. The molecular formula is C37H32OP2Ru. The summed E-state index contributed by atoms with van der Waals surface area (Å²) in [5, 5.41) is 8.39. The third-order valence-corrected chi connectivity index (χ3v) is 11.0. The fraction of sp³-hybridized carbons (Fsp3) is 0. The number of hydrogen-bond donors (Lipinski definition) is 0. The second-order valence-corrected chi connectivity index (χ2v) is 13.1. The van der Waals surface area contributed by atoms with Gasteiger partial charge in [0.15, 0.2) is 0 Å². The molecule has 0 amide bonds. The third kappa shape index (κ3) is 9.24. The smallest absolute Gasteiger partial charge is 0.106 e. The van der Waals surface area contributed by atoms with Gasteiger partial charge in [-0.2, -0.15) is 0 Å². The minimum Gasteiger partial charge on any atom is -0.307 e. The van der Waals surface area contributed by atoms with E-state index in [0.717, 1.165) is 0 Å². The predicted octanol–water partition coefficient (Wildman–Crippen LogP) is 6.70. The molecule has 0 atom stereocenters. The zero-order valence-corrected chi connectivity index (χ0v) is 26.2. The Morgan fingerprint density at radius 3 is 0.512 bits per heavy atom. The summed E-state index contributed by atoms with van der Waals surface area (Å²) in [5.41, 5.74) is 0. The Balaban J connectivity index is 0.000000208. The van der Waals surface area contributed by atoms with E-state index in [1.807, 2.05) is 6.79 Å². The quantitative estimate of drug-likeness (QED) is 0.144. The summed E-state index contributed by atoms with van der Waals surface area (Å²) >= 11 is 0. The van der Waals surface area contributed by atoms with E-state index in [4.69, 9.17) is 4.79 Å². The van der Waals surface area contributed by atoms with Crippen LogP contribution in [0.5, 0.6) is 0 Å². The molecule has 0 unspecified atom stereocenters. The number of hydrogen-bond acceptors (Lipinski definition) is 1. The maximum absolute atomic E-state index is 8.00. The maximum Gasteiger partial charge on any atom is 0.106 e. The monoisotopic (exact) mass is 656 g/mol. The Bertz CT molecular complexity index is 1200. The molecule has 6 rings (SSSR count). The molecule has 4 heteroatoms. The molecule has 1 nitrogen and oxygen atoms in total. The van der Waals surface area contributed by atoms with Gasteiger partial charge in [0, 0.05) is 19.5 Å². The average Bonchev–Trinajstić information content (AvgIpc) is 3.06. The number of carbonyl (C=O) groups excluding carboxylic acids is 1. The second kappa shape index (κ2) is 18.0. The Kier molecular flexibility index (Phi) is 14.1. The standard InChI is InChI=1S/2C18H15P.CH2O.Ru/c2*1-4-10-16(11-5-1)19(17-12-6-2-7-13-17)18-14-8-3-9-15-18;1-2;/h2*1-15H;1H2;. The van der Waals surface area contributed by atoms with Crippen LogP contribution in [0.4, 0.5) is 0 Å². The predicted molar refractivity (Wildman–Crippen MR) is 177 cm³/mol. The molecule has 6 aromatic rings. The summed E-state index contributed by atoms with van der Waals surface area (Å²) in [6, 6.07) is 64.7. The Hall–Kier alpha value is -3.53. The van der Waals surface area contributed by atoms with Gasteiger partial charge in [-0.1, -0.05) is 182 Å². The van der Waals surface area contributed by atoms with Gasteiger partial charge >= 0.3 is 0 Å². The van der Waals surface area contributed by atoms with Crippen LogP contribution in [0.25, 0.3) is 0 Å². The molecule has 0 aromatic heterocycles. The van der Waals surface area contributed by atoms with Crippen LogP contribution in [0.3, 0.4) is 0 Å². The van der Waals surface area contributed by atoms with Crippen LogP contribution >= 0.6 is 15.8 Å². The van der Waals surface area contributed by atoms with Crippen LogP contribution in [-0.4, -0.2) is 6.79 Å². The van der Waals surface area contributed by atoms with Gasteiger partial charge in [0.25, 0.3) is 0 Å². The van der Waals surface area contributed by atoms with Crippen LogP contribution in [0.15, 0.2) is 182 Å². The van der Waals surface area contributed by atoms with Crippen molar-refractivity contribution in [1.29, 1.82) is 0 Å². The topological polar surface area (TPSA) is 17.1 Å². The Morgan fingerprint density at radius 2 is 0.390 bits per heavy atom. The summed E-state index contributed by atoms with van der Waals surface area (Å²) in [4.78, 5) is 8.00. The van der Waals surface area contributed by atoms with E-state index in [1.54, 1.807) is 0 Å². The largest absolute Gasteiger partial charge is 0.307 e. The van der Waals surface area contributed by atoms with Gasteiger partial charge in [0.1, 0.15) is 6.79 Å². The van der Waals surface area contributed by atoms with E-state index in [-0.39, 0.29) is 19.5 Å². The molecule has 6 aromatic carbocycles. The van der Waals surface area contributed by atoms with Crippen molar-refractivity contribution in [2.75, 3.05) is 0 Å². The van der Waals surface area contributed by atoms with Crippen LogP contribution in [0, 0.1) is 0 Å². The van der Waals surface area contributed by atoms with Gasteiger partial charge in [0.2, 0.25) is 0 Å². The van der Waals surface area contributed by atoms with Gasteiger partial charge in [-0.25, -0.2) is 0 Å². The first kappa shape index (κ1) is 32.0. The first-order valence-corrected chi connectivity index (χ1v) is 15.8. The summed E-state index contributed by atoms with van der Waals surface area (Å²) < 4.78 is 0. The first-order chi connectivity index (χ1) is 19.9. The first-order valence-electron chi connectivity index (χ1n) is 13.1. The zero-order valence-electron chi connectivity index (χ0n) is 22.7. The molecule has 0 spiro atoms. The van der Waals surface area contributed by atoms with E-state index in [2.05, 4.69) is 182 Å². The minimum atomic E-state index is -0.446. The summed E-state index contributed by atoms with van der Waals surface area (Å²) in [6.45, 7) is 2.00. The van der Waals surface area contributed by atoms with Crippen molar-refractivity contribution < 1.29 is 24.3 Å².